The average Bonchev–Trinajstić information content (AvgIpc) is 3.01. The number of carbonyl (C=O) groups excluding carboxylic acids is 1. The van der Waals surface area contributed by atoms with Crippen molar-refractivity contribution in [1.29, 1.82) is 0 Å². The Kier molecular flexibility index (Phi) is 4.88. The van der Waals surface area contributed by atoms with Gasteiger partial charge in [0.2, 0.25) is 0 Å². The van der Waals surface area contributed by atoms with Crippen LogP contribution in [-0.2, 0) is 5.60 Å². The predicted molar refractivity (Wildman–Crippen MR) is 85.8 cm³/mol. The molecule has 2 rings (SSSR count). The Morgan fingerprint density at radius 2 is 1.95 bits per heavy atom. The maximum absolute atomic E-state index is 11.9. The fraction of sp³-hybridized carbons (Fsp3) is 0.353. The van der Waals surface area contributed by atoms with Gasteiger partial charge in [0.1, 0.15) is 11.4 Å². The molecule has 0 fully saturated rings. The Bertz CT molecular complexity index is 601. The third kappa shape index (κ3) is 4.11. The van der Waals surface area contributed by atoms with Gasteiger partial charge < -0.3 is 20.2 Å². The SMILES string of the molecule is CC(C)c1ccc(NC(=O)NCC(C)(O)c2ccco2)cc1. The second kappa shape index (κ2) is 6.66. The number of hydrogen-bond donors (Lipinski definition) is 3. The molecule has 22 heavy (non-hydrogen) atoms. The number of furan rings is 1. The number of benzene rings is 1. The van der Waals surface area contributed by atoms with Crippen LogP contribution in [-0.4, -0.2) is 17.7 Å². The van der Waals surface area contributed by atoms with Gasteiger partial charge in [-0.25, -0.2) is 4.79 Å². The van der Waals surface area contributed by atoms with E-state index in [0.29, 0.717) is 17.4 Å². The maximum atomic E-state index is 11.9. The van der Waals surface area contributed by atoms with Gasteiger partial charge >= 0.3 is 6.03 Å². The molecule has 0 aliphatic heterocycles. The van der Waals surface area contributed by atoms with Crippen LogP contribution in [0.1, 0.15) is 38.0 Å². The lowest BCUT2D eigenvalue weighted by atomic mass is 10.0. The van der Waals surface area contributed by atoms with E-state index in [0.717, 1.165) is 0 Å². The third-order valence-electron chi connectivity index (χ3n) is 3.48. The van der Waals surface area contributed by atoms with Crippen molar-refractivity contribution >= 4 is 11.7 Å². The Morgan fingerprint density at radius 1 is 1.27 bits per heavy atom. The first kappa shape index (κ1) is 16.1. The molecule has 0 bridgehead atoms. The van der Waals surface area contributed by atoms with Crippen LogP contribution < -0.4 is 10.6 Å². The lowest BCUT2D eigenvalue weighted by molar-refractivity contribution is 0.0372. The second-order valence-corrected chi connectivity index (χ2v) is 5.84. The lowest BCUT2D eigenvalue weighted by Crippen LogP contribution is -2.40. The number of amides is 2. The van der Waals surface area contributed by atoms with E-state index in [4.69, 9.17) is 4.42 Å². The van der Waals surface area contributed by atoms with E-state index in [-0.39, 0.29) is 12.6 Å². The van der Waals surface area contributed by atoms with Crippen molar-refractivity contribution in [3.8, 4) is 0 Å². The van der Waals surface area contributed by atoms with Crippen molar-refractivity contribution in [3.05, 3.63) is 54.0 Å². The van der Waals surface area contributed by atoms with Gasteiger partial charge in [0.15, 0.2) is 0 Å². The van der Waals surface area contributed by atoms with Crippen molar-refractivity contribution in [2.45, 2.75) is 32.3 Å². The first-order valence-corrected chi connectivity index (χ1v) is 7.29. The van der Waals surface area contributed by atoms with Crippen molar-refractivity contribution in [3.63, 3.8) is 0 Å². The van der Waals surface area contributed by atoms with Crippen LogP contribution in [0.5, 0.6) is 0 Å². The van der Waals surface area contributed by atoms with Crippen molar-refractivity contribution in [1.82, 2.24) is 5.32 Å². The largest absolute Gasteiger partial charge is 0.466 e. The van der Waals surface area contributed by atoms with Gasteiger partial charge in [-0.15, -0.1) is 0 Å². The molecule has 0 saturated heterocycles. The van der Waals surface area contributed by atoms with Crippen molar-refractivity contribution in [2.24, 2.45) is 0 Å². The average molecular weight is 302 g/mol. The summed E-state index contributed by atoms with van der Waals surface area (Å²) in [7, 11) is 0. The van der Waals surface area contributed by atoms with E-state index in [9.17, 15) is 9.90 Å². The number of urea groups is 1. The topological polar surface area (TPSA) is 74.5 Å². The predicted octanol–water partition coefficient (Wildman–Crippen LogP) is 3.43. The molecule has 2 amide bonds. The van der Waals surface area contributed by atoms with E-state index in [2.05, 4.69) is 24.5 Å². The molecular formula is C17H22N2O3. The number of nitrogens with one attached hydrogen (secondary N) is 2. The smallest absolute Gasteiger partial charge is 0.319 e. The maximum Gasteiger partial charge on any atom is 0.319 e. The van der Waals surface area contributed by atoms with Gasteiger partial charge in [-0.05, 0) is 42.7 Å². The zero-order valence-corrected chi connectivity index (χ0v) is 13.1. The standard InChI is InChI=1S/C17H22N2O3/c1-12(2)13-6-8-14(9-7-13)19-16(20)18-11-17(3,21)15-5-4-10-22-15/h4-10,12,21H,11H2,1-3H3,(H2,18,19,20). The molecule has 1 aromatic carbocycles. The van der Waals surface area contributed by atoms with Crippen LogP contribution in [0.15, 0.2) is 47.1 Å². The summed E-state index contributed by atoms with van der Waals surface area (Å²) in [5, 5.41) is 15.6. The minimum absolute atomic E-state index is 0.0520. The van der Waals surface area contributed by atoms with E-state index in [1.54, 1.807) is 19.1 Å². The first-order chi connectivity index (χ1) is 10.4. The summed E-state index contributed by atoms with van der Waals surface area (Å²) in [6.07, 6.45) is 1.49. The number of rotatable bonds is 5. The molecule has 5 nitrogen and oxygen atoms in total. The van der Waals surface area contributed by atoms with Crippen LogP contribution in [0.25, 0.3) is 0 Å². The highest BCUT2D eigenvalue weighted by molar-refractivity contribution is 5.89. The third-order valence-corrected chi connectivity index (χ3v) is 3.48. The summed E-state index contributed by atoms with van der Waals surface area (Å²) in [4.78, 5) is 11.9. The van der Waals surface area contributed by atoms with Gasteiger partial charge in [0.25, 0.3) is 0 Å². The Balaban J connectivity index is 1.88. The van der Waals surface area contributed by atoms with Gasteiger partial charge in [-0.1, -0.05) is 26.0 Å². The van der Waals surface area contributed by atoms with Gasteiger partial charge in [0.05, 0.1) is 12.8 Å². The first-order valence-electron chi connectivity index (χ1n) is 7.29. The molecule has 0 saturated carbocycles. The molecule has 5 heteroatoms. The Labute approximate surface area is 130 Å². The van der Waals surface area contributed by atoms with Crippen molar-refractivity contribution < 1.29 is 14.3 Å². The summed E-state index contributed by atoms with van der Waals surface area (Å²) >= 11 is 0. The second-order valence-electron chi connectivity index (χ2n) is 5.84. The minimum Gasteiger partial charge on any atom is -0.466 e. The van der Waals surface area contributed by atoms with E-state index in [1.165, 1.54) is 11.8 Å². The monoisotopic (exact) mass is 302 g/mol. The summed E-state index contributed by atoms with van der Waals surface area (Å²) < 4.78 is 5.16. The number of anilines is 1. The molecule has 3 N–H and O–H groups in total. The quantitative estimate of drug-likeness (QED) is 0.792. The lowest BCUT2D eigenvalue weighted by Gasteiger charge is -2.21. The summed E-state index contributed by atoms with van der Waals surface area (Å²) in [6.45, 7) is 5.87. The molecule has 0 radical (unpaired) electrons. The zero-order chi connectivity index (χ0) is 16.2. The fourth-order valence-electron chi connectivity index (χ4n) is 2.05. The Morgan fingerprint density at radius 3 is 2.50 bits per heavy atom. The summed E-state index contributed by atoms with van der Waals surface area (Å²) in [5.74, 6) is 0.861. The molecule has 1 atom stereocenters. The van der Waals surface area contributed by atoms with E-state index < -0.39 is 5.60 Å². The molecule has 0 spiro atoms. The molecule has 0 aliphatic rings. The molecule has 118 valence electrons. The molecular weight excluding hydrogens is 280 g/mol. The molecule has 1 unspecified atom stereocenters. The van der Waals surface area contributed by atoms with Gasteiger partial charge in [0, 0.05) is 5.69 Å². The minimum atomic E-state index is -1.25. The van der Waals surface area contributed by atoms with Gasteiger partial charge in [-0.3, -0.25) is 0 Å². The number of hydrogen-bond acceptors (Lipinski definition) is 3. The highest BCUT2D eigenvalue weighted by Gasteiger charge is 2.26. The molecule has 2 aromatic rings. The Hall–Kier alpha value is -2.27. The number of carbonyl (C=O) groups is 1. The van der Waals surface area contributed by atoms with Crippen LogP contribution in [0, 0.1) is 0 Å². The van der Waals surface area contributed by atoms with E-state index >= 15 is 0 Å². The zero-order valence-electron chi connectivity index (χ0n) is 13.1. The summed E-state index contributed by atoms with van der Waals surface area (Å²) in [6, 6.07) is 10.7. The van der Waals surface area contributed by atoms with Crippen LogP contribution in [0.4, 0.5) is 10.5 Å². The van der Waals surface area contributed by atoms with Crippen molar-refractivity contribution in [2.75, 3.05) is 11.9 Å². The summed E-state index contributed by atoms with van der Waals surface area (Å²) in [5.41, 5.74) is 0.675. The molecule has 1 heterocycles. The van der Waals surface area contributed by atoms with Crippen LogP contribution >= 0.6 is 0 Å². The number of aliphatic hydroxyl groups is 1. The highest BCUT2D eigenvalue weighted by Crippen LogP contribution is 2.20. The molecule has 0 aliphatic carbocycles. The normalized spacial score (nSPS) is 13.7. The fourth-order valence-corrected chi connectivity index (χ4v) is 2.05. The van der Waals surface area contributed by atoms with E-state index in [1.807, 2.05) is 24.3 Å². The van der Waals surface area contributed by atoms with Crippen LogP contribution in [0.2, 0.25) is 0 Å². The van der Waals surface area contributed by atoms with Crippen LogP contribution in [0.3, 0.4) is 0 Å². The molecule has 1 aromatic heterocycles. The van der Waals surface area contributed by atoms with Gasteiger partial charge in [-0.2, -0.15) is 0 Å². The highest BCUT2D eigenvalue weighted by atomic mass is 16.4.